The molecule has 1 fully saturated rings. The van der Waals surface area contributed by atoms with Gasteiger partial charge in [-0.1, -0.05) is 0 Å². The summed E-state index contributed by atoms with van der Waals surface area (Å²) in [6.07, 6.45) is 1.52. The van der Waals surface area contributed by atoms with E-state index < -0.39 is 15.9 Å². The lowest BCUT2D eigenvalue weighted by atomic mass is 9.98. The second kappa shape index (κ2) is 10.1. The van der Waals surface area contributed by atoms with Crippen molar-refractivity contribution in [2.75, 3.05) is 33.3 Å². The Morgan fingerprint density at radius 2 is 1.82 bits per heavy atom. The van der Waals surface area contributed by atoms with Crippen molar-refractivity contribution in [2.24, 2.45) is 5.92 Å². The SMILES string of the molecule is COc1ccc(S(=O)(=O)N2CCCC(C(=O)N(CCC#N)CCC#N)C2)cc1. The number of carbonyl (C=O) groups excluding carboxylic acids is 1. The van der Waals surface area contributed by atoms with Gasteiger partial charge in [-0.15, -0.1) is 0 Å². The van der Waals surface area contributed by atoms with Gasteiger partial charge in [0.15, 0.2) is 0 Å². The quantitative estimate of drug-likeness (QED) is 0.652. The Bertz CT molecular complexity index is 837. The second-order valence-electron chi connectivity index (χ2n) is 6.52. The van der Waals surface area contributed by atoms with Gasteiger partial charge in [-0.25, -0.2) is 8.42 Å². The summed E-state index contributed by atoms with van der Waals surface area (Å²) in [5.41, 5.74) is 0. The molecule has 9 heteroatoms. The summed E-state index contributed by atoms with van der Waals surface area (Å²) in [6.45, 7) is 0.953. The third-order valence-corrected chi connectivity index (χ3v) is 6.61. The zero-order valence-electron chi connectivity index (χ0n) is 15.9. The van der Waals surface area contributed by atoms with Gasteiger partial charge in [-0.2, -0.15) is 14.8 Å². The molecule has 150 valence electrons. The molecule has 0 spiro atoms. The average molecular weight is 404 g/mol. The standard InChI is InChI=1S/C19H24N4O4S/c1-27-17-6-8-18(9-7-17)28(25,26)23-14-2-5-16(15-23)19(24)22(12-3-10-20)13-4-11-21/h6-9,16H,2-5,12-15H2,1H3. The lowest BCUT2D eigenvalue weighted by molar-refractivity contribution is -0.136. The summed E-state index contributed by atoms with van der Waals surface area (Å²) >= 11 is 0. The van der Waals surface area contributed by atoms with Crippen LogP contribution in [0.25, 0.3) is 0 Å². The van der Waals surface area contributed by atoms with E-state index in [1.807, 2.05) is 12.1 Å². The number of ether oxygens (including phenoxy) is 1. The fourth-order valence-electron chi connectivity index (χ4n) is 3.22. The maximum Gasteiger partial charge on any atom is 0.243 e. The fraction of sp³-hybridized carbons (Fsp3) is 0.526. The van der Waals surface area contributed by atoms with Crippen LogP contribution in [-0.4, -0.2) is 56.8 Å². The molecule has 0 bridgehead atoms. The number of amides is 1. The predicted molar refractivity (Wildman–Crippen MR) is 102 cm³/mol. The van der Waals surface area contributed by atoms with Crippen molar-refractivity contribution in [2.45, 2.75) is 30.6 Å². The van der Waals surface area contributed by atoms with E-state index >= 15 is 0 Å². The molecule has 1 aromatic rings. The van der Waals surface area contributed by atoms with E-state index in [-0.39, 0.29) is 43.3 Å². The van der Waals surface area contributed by atoms with Crippen LogP contribution in [-0.2, 0) is 14.8 Å². The monoisotopic (exact) mass is 404 g/mol. The van der Waals surface area contributed by atoms with Crippen LogP contribution >= 0.6 is 0 Å². The van der Waals surface area contributed by atoms with Crippen molar-refractivity contribution in [3.05, 3.63) is 24.3 Å². The number of nitriles is 2. The van der Waals surface area contributed by atoms with Crippen LogP contribution < -0.4 is 4.74 Å². The van der Waals surface area contributed by atoms with E-state index in [1.165, 1.54) is 28.4 Å². The molecule has 1 heterocycles. The highest BCUT2D eigenvalue weighted by Crippen LogP contribution is 2.26. The molecular formula is C19H24N4O4S. The van der Waals surface area contributed by atoms with Gasteiger partial charge in [0.05, 0.1) is 42.9 Å². The van der Waals surface area contributed by atoms with E-state index in [0.717, 1.165) is 0 Å². The molecule has 1 aliphatic rings. The van der Waals surface area contributed by atoms with Gasteiger partial charge in [-0.3, -0.25) is 4.79 Å². The molecule has 0 N–H and O–H groups in total. The van der Waals surface area contributed by atoms with Crippen molar-refractivity contribution in [1.82, 2.24) is 9.21 Å². The van der Waals surface area contributed by atoms with Gasteiger partial charge in [0, 0.05) is 26.2 Å². The minimum Gasteiger partial charge on any atom is -0.497 e. The molecule has 0 aliphatic carbocycles. The Morgan fingerprint density at radius 1 is 1.21 bits per heavy atom. The van der Waals surface area contributed by atoms with Crippen molar-refractivity contribution in [3.8, 4) is 17.9 Å². The molecule has 1 aromatic carbocycles. The smallest absolute Gasteiger partial charge is 0.243 e. The maximum absolute atomic E-state index is 12.9. The molecule has 1 amide bonds. The molecule has 8 nitrogen and oxygen atoms in total. The highest BCUT2D eigenvalue weighted by molar-refractivity contribution is 7.89. The van der Waals surface area contributed by atoms with Crippen LogP contribution in [0.15, 0.2) is 29.2 Å². The zero-order valence-corrected chi connectivity index (χ0v) is 16.7. The van der Waals surface area contributed by atoms with Gasteiger partial charge in [0.1, 0.15) is 5.75 Å². The fourth-order valence-corrected chi connectivity index (χ4v) is 4.74. The Balaban J connectivity index is 2.13. The van der Waals surface area contributed by atoms with Crippen LogP contribution in [0.3, 0.4) is 0 Å². The van der Waals surface area contributed by atoms with E-state index in [2.05, 4.69) is 0 Å². The highest BCUT2D eigenvalue weighted by atomic mass is 32.2. The largest absolute Gasteiger partial charge is 0.497 e. The van der Waals surface area contributed by atoms with Gasteiger partial charge >= 0.3 is 0 Å². The Kier molecular flexibility index (Phi) is 7.80. The number of nitrogens with zero attached hydrogens (tertiary/aromatic N) is 4. The van der Waals surface area contributed by atoms with E-state index in [9.17, 15) is 13.2 Å². The van der Waals surface area contributed by atoms with Gasteiger partial charge in [0.2, 0.25) is 15.9 Å². The maximum atomic E-state index is 12.9. The number of methoxy groups -OCH3 is 1. The van der Waals surface area contributed by atoms with Crippen LogP contribution in [0, 0.1) is 28.6 Å². The van der Waals surface area contributed by atoms with Crippen molar-refractivity contribution >= 4 is 15.9 Å². The Morgan fingerprint density at radius 3 is 2.36 bits per heavy atom. The molecule has 0 radical (unpaired) electrons. The van der Waals surface area contributed by atoms with Gasteiger partial charge in [0.25, 0.3) is 0 Å². The topological polar surface area (TPSA) is 114 Å². The summed E-state index contributed by atoms with van der Waals surface area (Å²) in [5, 5.41) is 17.6. The number of sulfonamides is 1. The number of carbonyl (C=O) groups is 1. The molecule has 0 aromatic heterocycles. The second-order valence-corrected chi connectivity index (χ2v) is 8.46. The van der Waals surface area contributed by atoms with E-state index in [4.69, 9.17) is 15.3 Å². The summed E-state index contributed by atoms with van der Waals surface area (Å²) in [4.78, 5) is 14.5. The molecule has 1 saturated heterocycles. The minimum atomic E-state index is -3.71. The van der Waals surface area contributed by atoms with E-state index in [1.54, 1.807) is 12.1 Å². The van der Waals surface area contributed by atoms with Gasteiger partial charge in [-0.05, 0) is 37.1 Å². The highest BCUT2D eigenvalue weighted by Gasteiger charge is 2.35. The normalized spacial score (nSPS) is 17.3. The number of piperidine rings is 1. The molecule has 1 aliphatic heterocycles. The summed E-state index contributed by atoms with van der Waals surface area (Å²) < 4.78 is 32.3. The first kappa shape index (κ1) is 21.7. The van der Waals surface area contributed by atoms with E-state index in [0.29, 0.717) is 25.1 Å². The Labute approximate surface area is 166 Å². The lowest BCUT2D eigenvalue weighted by Gasteiger charge is -2.34. The van der Waals surface area contributed by atoms with Gasteiger partial charge < -0.3 is 9.64 Å². The molecule has 28 heavy (non-hydrogen) atoms. The van der Waals surface area contributed by atoms with Crippen LogP contribution in [0.1, 0.15) is 25.7 Å². The zero-order chi connectivity index (χ0) is 20.6. The molecule has 1 atom stereocenters. The predicted octanol–water partition coefficient (Wildman–Crippen LogP) is 1.75. The van der Waals surface area contributed by atoms with Crippen molar-refractivity contribution in [3.63, 3.8) is 0 Å². The van der Waals surface area contributed by atoms with Crippen LogP contribution in [0.4, 0.5) is 0 Å². The molecule has 0 saturated carbocycles. The first-order valence-electron chi connectivity index (χ1n) is 9.11. The molecule has 2 rings (SSSR count). The molecular weight excluding hydrogens is 380 g/mol. The van der Waals surface area contributed by atoms with Crippen LogP contribution in [0.2, 0.25) is 0 Å². The molecule has 1 unspecified atom stereocenters. The summed E-state index contributed by atoms with van der Waals surface area (Å²) in [6, 6.07) is 10.2. The first-order chi connectivity index (χ1) is 13.4. The third kappa shape index (κ3) is 5.22. The summed E-state index contributed by atoms with van der Waals surface area (Å²) in [7, 11) is -2.20. The lowest BCUT2D eigenvalue weighted by Crippen LogP contribution is -2.47. The number of hydrogen-bond donors (Lipinski definition) is 0. The summed E-state index contributed by atoms with van der Waals surface area (Å²) in [5.74, 6) is -0.101. The first-order valence-corrected chi connectivity index (χ1v) is 10.5. The number of rotatable bonds is 8. The minimum absolute atomic E-state index is 0.100. The van der Waals surface area contributed by atoms with Crippen molar-refractivity contribution < 1.29 is 17.9 Å². The van der Waals surface area contributed by atoms with Crippen molar-refractivity contribution in [1.29, 1.82) is 10.5 Å². The van der Waals surface area contributed by atoms with Crippen LogP contribution in [0.5, 0.6) is 5.75 Å². The third-order valence-electron chi connectivity index (χ3n) is 4.73. The average Bonchev–Trinajstić information content (AvgIpc) is 2.73. The Hall–Kier alpha value is -2.62. The number of hydrogen-bond acceptors (Lipinski definition) is 6. The number of benzene rings is 1.